The van der Waals surface area contributed by atoms with Gasteiger partial charge in [0.25, 0.3) is 0 Å². The van der Waals surface area contributed by atoms with Crippen LogP contribution in [0.5, 0.6) is 0 Å². The summed E-state index contributed by atoms with van der Waals surface area (Å²) in [7, 11) is 1.44. The quantitative estimate of drug-likeness (QED) is 0.497. The number of aliphatic carboxylic acids is 1. The van der Waals surface area contributed by atoms with E-state index in [1.807, 2.05) is 36.4 Å². The van der Waals surface area contributed by atoms with Crippen LogP contribution in [0.4, 0.5) is 4.79 Å². The first-order chi connectivity index (χ1) is 17.0. The number of carbonyl (C=O) groups is 3. The second-order valence-electron chi connectivity index (χ2n) is 9.18. The van der Waals surface area contributed by atoms with Gasteiger partial charge in [-0.3, -0.25) is 9.59 Å². The van der Waals surface area contributed by atoms with Crippen molar-refractivity contribution in [1.29, 1.82) is 0 Å². The SMILES string of the molecule is COCC(NC(=O)OCC1c2ccccc2-c2ccccc21)C(=O)NC1CCCCCC1C(=O)O. The van der Waals surface area contributed by atoms with E-state index in [1.54, 1.807) is 0 Å². The maximum Gasteiger partial charge on any atom is 0.407 e. The Kier molecular flexibility index (Phi) is 8.02. The van der Waals surface area contributed by atoms with E-state index in [-0.39, 0.29) is 19.1 Å². The molecule has 8 heteroatoms. The number of ether oxygens (including phenoxy) is 2. The zero-order valence-electron chi connectivity index (χ0n) is 19.9. The van der Waals surface area contributed by atoms with Gasteiger partial charge in [-0.2, -0.15) is 0 Å². The van der Waals surface area contributed by atoms with Crippen LogP contribution in [0.2, 0.25) is 0 Å². The number of carboxylic acid groups (broad SMARTS) is 1. The molecule has 2 aliphatic carbocycles. The molecular formula is C27H32N2O6. The van der Waals surface area contributed by atoms with E-state index in [4.69, 9.17) is 9.47 Å². The number of rotatable bonds is 8. The topological polar surface area (TPSA) is 114 Å². The number of carboxylic acids is 1. The number of carbonyl (C=O) groups excluding carboxylic acids is 2. The molecule has 0 saturated heterocycles. The van der Waals surface area contributed by atoms with Crippen molar-refractivity contribution in [2.45, 2.75) is 50.1 Å². The maximum atomic E-state index is 13.0. The van der Waals surface area contributed by atoms with Crippen molar-refractivity contribution < 1.29 is 29.0 Å². The van der Waals surface area contributed by atoms with Crippen LogP contribution in [-0.2, 0) is 19.1 Å². The van der Waals surface area contributed by atoms with Crippen LogP contribution in [0, 0.1) is 5.92 Å². The number of benzene rings is 2. The monoisotopic (exact) mass is 480 g/mol. The Hall–Kier alpha value is -3.39. The Balaban J connectivity index is 1.38. The lowest BCUT2D eigenvalue weighted by molar-refractivity contribution is -0.143. The summed E-state index contributed by atoms with van der Waals surface area (Å²) in [6.07, 6.45) is 3.00. The van der Waals surface area contributed by atoms with Crippen molar-refractivity contribution in [3.05, 3.63) is 59.7 Å². The predicted octanol–water partition coefficient (Wildman–Crippen LogP) is 3.69. The molecule has 2 aromatic carbocycles. The lowest BCUT2D eigenvalue weighted by Gasteiger charge is -2.26. The first kappa shape index (κ1) is 24.7. The number of methoxy groups -OCH3 is 1. The summed E-state index contributed by atoms with van der Waals surface area (Å²) in [5.41, 5.74) is 4.46. The van der Waals surface area contributed by atoms with E-state index in [0.29, 0.717) is 12.8 Å². The van der Waals surface area contributed by atoms with Crippen molar-refractivity contribution in [3.63, 3.8) is 0 Å². The highest BCUT2D eigenvalue weighted by molar-refractivity contribution is 5.86. The molecule has 4 rings (SSSR count). The molecule has 0 aliphatic heterocycles. The lowest BCUT2D eigenvalue weighted by atomic mass is 9.94. The molecule has 0 spiro atoms. The fourth-order valence-electron chi connectivity index (χ4n) is 5.19. The van der Waals surface area contributed by atoms with Crippen LogP contribution < -0.4 is 10.6 Å². The summed E-state index contributed by atoms with van der Waals surface area (Å²) in [4.78, 5) is 37.3. The van der Waals surface area contributed by atoms with E-state index in [9.17, 15) is 19.5 Å². The van der Waals surface area contributed by atoms with Crippen LogP contribution in [-0.4, -0.2) is 55.5 Å². The summed E-state index contributed by atoms with van der Waals surface area (Å²) >= 11 is 0. The molecule has 0 heterocycles. The molecule has 2 aromatic rings. The van der Waals surface area contributed by atoms with Gasteiger partial charge in [0.2, 0.25) is 5.91 Å². The zero-order chi connectivity index (χ0) is 24.8. The molecule has 0 aromatic heterocycles. The minimum atomic E-state index is -0.992. The molecule has 3 unspecified atom stereocenters. The zero-order valence-corrected chi connectivity index (χ0v) is 19.9. The Labute approximate surface area is 205 Å². The third-order valence-electron chi connectivity index (χ3n) is 6.95. The molecule has 35 heavy (non-hydrogen) atoms. The van der Waals surface area contributed by atoms with Gasteiger partial charge in [-0.1, -0.05) is 67.8 Å². The smallest absolute Gasteiger partial charge is 0.407 e. The maximum absolute atomic E-state index is 13.0. The molecule has 3 N–H and O–H groups in total. The van der Waals surface area contributed by atoms with E-state index in [1.165, 1.54) is 7.11 Å². The molecule has 0 radical (unpaired) electrons. The Morgan fingerprint density at radius 2 is 1.60 bits per heavy atom. The van der Waals surface area contributed by atoms with Gasteiger partial charge in [0.1, 0.15) is 12.6 Å². The predicted molar refractivity (Wildman–Crippen MR) is 130 cm³/mol. The van der Waals surface area contributed by atoms with E-state index in [0.717, 1.165) is 41.5 Å². The third kappa shape index (κ3) is 5.65. The number of fused-ring (bicyclic) bond motifs is 3. The summed E-state index contributed by atoms with van der Waals surface area (Å²) in [5.74, 6) is -2.12. The van der Waals surface area contributed by atoms with Crippen LogP contribution in [0.1, 0.15) is 49.1 Å². The van der Waals surface area contributed by atoms with Gasteiger partial charge < -0.3 is 25.2 Å². The summed E-state index contributed by atoms with van der Waals surface area (Å²) in [6.45, 7) is 0.0748. The summed E-state index contributed by atoms with van der Waals surface area (Å²) in [6, 6.07) is 14.6. The lowest BCUT2D eigenvalue weighted by Crippen LogP contribution is -2.54. The first-order valence-electron chi connectivity index (χ1n) is 12.1. The van der Waals surface area contributed by atoms with Crippen molar-refractivity contribution in [3.8, 4) is 11.1 Å². The van der Waals surface area contributed by atoms with Crippen LogP contribution in [0.15, 0.2) is 48.5 Å². The molecule has 1 fully saturated rings. The van der Waals surface area contributed by atoms with Crippen LogP contribution in [0.25, 0.3) is 11.1 Å². The molecule has 3 atom stereocenters. The fourth-order valence-corrected chi connectivity index (χ4v) is 5.19. The largest absolute Gasteiger partial charge is 0.481 e. The minimum Gasteiger partial charge on any atom is -0.481 e. The standard InChI is InChI=1S/C27H32N2O6/c1-34-16-24(25(30)28-23-14-4-2-3-13-21(23)26(31)32)29-27(33)35-15-22-19-11-7-5-9-17(19)18-10-6-8-12-20(18)22/h5-12,21-24H,2-4,13-16H2,1H3,(H,28,30)(H,29,33)(H,31,32). The highest BCUT2D eigenvalue weighted by atomic mass is 16.5. The average molecular weight is 481 g/mol. The second-order valence-corrected chi connectivity index (χ2v) is 9.18. The van der Waals surface area contributed by atoms with Crippen molar-refractivity contribution in [1.82, 2.24) is 10.6 Å². The van der Waals surface area contributed by atoms with Gasteiger partial charge in [0.05, 0.1) is 12.5 Å². The fraction of sp³-hybridized carbons (Fsp3) is 0.444. The molecule has 8 nitrogen and oxygen atoms in total. The Morgan fingerprint density at radius 3 is 2.23 bits per heavy atom. The van der Waals surface area contributed by atoms with Crippen molar-refractivity contribution in [2.75, 3.05) is 20.3 Å². The Bertz CT molecular complexity index is 1030. The summed E-state index contributed by atoms with van der Waals surface area (Å²) < 4.78 is 10.7. The second kappa shape index (κ2) is 11.4. The summed E-state index contributed by atoms with van der Waals surface area (Å²) in [5, 5.41) is 15.0. The van der Waals surface area contributed by atoms with Crippen molar-refractivity contribution >= 4 is 18.0 Å². The van der Waals surface area contributed by atoms with Crippen LogP contribution >= 0.6 is 0 Å². The van der Waals surface area contributed by atoms with E-state index in [2.05, 4.69) is 22.8 Å². The number of hydrogen-bond acceptors (Lipinski definition) is 5. The molecular weight excluding hydrogens is 448 g/mol. The molecule has 1 saturated carbocycles. The van der Waals surface area contributed by atoms with E-state index < -0.39 is 36.0 Å². The Morgan fingerprint density at radius 1 is 0.971 bits per heavy atom. The molecule has 186 valence electrons. The number of nitrogens with one attached hydrogen (secondary N) is 2. The normalized spacial score (nSPS) is 20.1. The molecule has 2 aliphatic rings. The van der Waals surface area contributed by atoms with Gasteiger partial charge in [0, 0.05) is 19.1 Å². The van der Waals surface area contributed by atoms with Crippen molar-refractivity contribution in [2.24, 2.45) is 5.92 Å². The number of alkyl carbamates (subject to hydrolysis) is 1. The average Bonchev–Trinajstić information content (AvgIpc) is 2.98. The molecule has 2 amide bonds. The highest BCUT2D eigenvalue weighted by Crippen LogP contribution is 2.44. The number of hydrogen-bond donors (Lipinski definition) is 3. The van der Waals surface area contributed by atoms with Gasteiger partial charge in [-0.25, -0.2) is 4.79 Å². The number of amides is 2. The highest BCUT2D eigenvalue weighted by Gasteiger charge is 2.33. The van der Waals surface area contributed by atoms with Gasteiger partial charge in [0.15, 0.2) is 0 Å². The molecule has 0 bridgehead atoms. The van der Waals surface area contributed by atoms with Gasteiger partial charge in [-0.15, -0.1) is 0 Å². The minimum absolute atomic E-state index is 0.0551. The third-order valence-corrected chi connectivity index (χ3v) is 6.95. The van der Waals surface area contributed by atoms with Gasteiger partial charge in [-0.05, 0) is 35.1 Å². The van der Waals surface area contributed by atoms with E-state index >= 15 is 0 Å². The van der Waals surface area contributed by atoms with Gasteiger partial charge >= 0.3 is 12.1 Å². The first-order valence-corrected chi connectivity index (χ1v) is 12.1. The van der Waals surface area contributed by atoms with Crippen LogP contribution in [0.3, 0.4) is 0 Å².